The van der Waals surface area contributed by atoms with Gasteiger partial charge >= 0.3 is 5.97 Å². The van der Waals surface area contributed by atoms with Crippen molar-refractivity contribution >= 4 is 53.7 Å². The molecule has 0 radical (unpaired) electrons. The second kappa shape index (κ2) is 11.1. The van der Waals surface area contributed by atoms with Crippen LogP contribution < -0.4 is 5.32 Å². The molecular formula is C27H34BrClFN3O4Si. The molecular weight excluding hydrogens is 593 g/mol. The first-order valence-corrected chi connectivity index (χ1v) is 16.7. The van der Waals surface area contributed by atoms with Gasteiger partial charge in [-0.3, -0.25) is 15.1 Å². The lowest BCUT2D eigenvalue weighted by Crippen LogP contribution is -2.48. The van der Waals surface area contributed by atoms with Gasteiger partial charge in [-0.2, -0.15) is 0 Å². The number of benzene rings is 2. The molecule has 2 aromatic rings. The van der Waals surface area contributed by atoms with E-state index in [1.807, 2.05) is 40.4 Å². The Balaban J connectivity index is 2.19. The first-order valence-electron chi connectivity index (χ1n) is 12.2. The number of methoxy groups -OCH3 is 1. The number of ether oxygens (including phenoxy) is 1. The van der Waals surface area contributed by atoms with Crippen LogP contribution in [0.5, 0.6) is 0 Å². The molecule has 11 heteroatoms. The first kappa shape index (κ1) is 30.3. The van der Waals surface area contributed by atoms with E-state index in [4.69, 9.17) is 26.2 Å². The summed E-state index contributed by atoms with van der Waals surface area (Å²) in [7, 11) is -0.808. The Kier molecular flexibility index (Phi) is 8.82. The van der Waals surface area contributed by atoms with Crippen molar-refractivity contribution in [2.75, 3.05) is 13.7 Å². The molecule has 1 amide bonds. The molecule has 206 valence electrons. The number of guanidine groups is 1. The number of nitrogens with zero attached hydrogens (tertiary/aromatic N) is 1. The molecule has 1 saturated heterocycles. The van der Waals surface area contributed by atoms with E-state index in [-0.39, 0.29) is 35.1 Å². The van der Waals surface area contributed by atoms with Crippen molar-refractivity contribution < 1.29 is 23.1 Å². The number of carbonyl (C=O) groups is 2. The number of esters is 1. The summed E-state index contributed by atoms with van der Waals surface area (Å²) in [4.78, 5) is 28.1. The van der Waals surface area contributed by atoms with Gasteiger partial charge in [-0.25, -0.2) is 9.18 Å². The maximum atomic E-state index is 15.4. The molecule has 0 unspecified atom stereocenters. The third kappa shape index (κ3) is 6.47. The molecule has 0 spiro atoms. The molecule has 1 aliphatic heterocycles. The van der Waals surface area contributed by atoms with Crippen LogP contribution in [0.1, 0.15) is 54.7 Å². The predicted molar refractivity (Wildman–Crippen MR) is 152 cm³/mol. The van der Waals surface area contributed by atoms with Crippen LogP contribution in [0.2, 0.25) is 24.7 Å². The molecule has 2 aromatic carbocycles. The summed E-state index contributed by atoms with van der Waals surface area (Å²) in [5, 5.41) is 12.1. The van der Waals surface area contributed by atoms with Crippen molar-refractivity contribution in [1.82, 2.24) is 10.2 Å². The number of hydrogen-bond donors (Lipinski definition) is 2. The lowest BCUT2D eigenvalue weighted by atomic mass is 9.75. The summed E-state index contributed by atoms with van der Waals surface area (Å²) in [6, 6.07) is 8.58. The average molecular weight is 627 g/mol. The number of nitrogens with one attached hydrogen (secondary N) is 2. The smallest absolute Gasteiger partial charge is 0.339 e. The van der Waals surface area contributed by atoms with Gasteiger partial charge < -0.3 is 14.5 Å². The van der Waals surface area contributed by atoms with E-state index >= 15 is 4.39 Å². The summed E-state index contributed by atoms with van der Waals surface area (Å²) in [6.45, 7) is 12.0. The fourth-order valence-corrected chi connectivity index (χ4v) is 5.80. The van der Waals surface area contributed by atoms with Crippen molar-refractivity contribution in [3.05, 3.63) is 68.4 Å². The molecule has 38 heavy (non-hydrogen) atoms. The topological polar surface area (TPSA) is 91.7 Å². The van der Waals surface area contributed by atoms with Crippen LogP contribution in [0.4, 0.5) is 4.39 Å². The molecule has 7 nitrogen and oxygen atoms in total. The highest BCUT2D eigenvalue weighted by atomic mass is 79.9. The zero-order valence-corrected chi connectivity index (χ0v) is 26.0. The highest BCUT2D eigenvalue weighted by Gasteiger charge is 2.55. The number of rotatable bonds is 8. The normalized spacial score (nSPS) is 18.9. The standard InChI is InChI=1S/C27H34BrClFN3O4Si/c1-26(2,3)15-27(19-10-9-17(28)13-21(19)30)24(35)33(25(31)32-27)22(14-37-38(5,6)7)16-8-11-20(29)18(12-16)23(34)36-4/h8-13,22H,14-15H2,1-7H3,(H2,31,32)/t22-,27-/m1/s1. The van der Waals surface area contributed by atoms with Crippen LogP contribution in [-0.4, -0.2) is 44.8 Å². The van der Waals surface area contributed by atoms with E-state index in [0.29, 0.717) is 10.0 Å². The van der Waals surface area contributed by atoms with Gasteiger partial charge in [0.25, 0.3) is 5.91 Å². The van der Waals surface area contributed by atoms with E-state index in [1.165, 1.54) is 18.1 Å². The Morgan fingerprint density at radius 3 is 2.45 bits per heavy atom. The van der Waals surface area contributed by atoms with Crippen molar-refractivity contribution in [1.29, 1.82) is 5.41 Å². The highest BCUT2D eigenvalue weighted by molar-refractivity contribution is 9.10. The van der Waals surface area contributed by atoms with E-state index in [9.17, 15) is 9.59 Å². The highest BCUT2D eigenvalue weighted by Crippen LogP contribution is 2.43. The second-order valence-electron chi connectivity index (χ2n) is 11.6. The fraction of sp³-hybridized carbons (Fsp3) is 0.444. The maximum absolute atomic E-state index is 15.4. The van der Waals surface area contributed by atoms with E-state index in [1.54, 1.807) is 30.3 Å². The fourth-order valence-electron chi connectivity index (χ4n) is 4.61. The van der Waals surface area contributed by atoms with E-state index in [0.717, 1.165) is 0 Å². The van der Waals surface area contributed by atoms with Gasteiger partial charge in [-0.1, -0.05) is 60.4 Å². The lowest BCUT2D eigenvalue weighted by Gasteiger charge is -2.35. The molecule has 0 aliphatic carbocycles. The minimum atomic E-state index is -2.07. The molecule has 2 atom stereocenters. The molecule has 0 saturated carbocycles. The van der Waals surface area contributed by atoms with Gasteiger partial charge in [-0.05, 0) is 61.3 Å². The minimum absolute atomic E-state index is 0.0716. The SMILES string of the molecule is COC(=O)c1cc([C@@H](CO[Si](C)(C)C)N2C(=N)N[C@](CC(C)(C)C)(c3ccc(Br)cc3F)C2=O)ccc1Cl. The number of amides is 1. The van der Waals surface area contributed by atoms with Gasteiger partial charge in [0.15, 0.2) is 14.3 Å². The van der Waals surface area contributed by atoms with Crippen molar-refractivity contribution in [2.24, 2.45) is 5.41 Å². The zero-order chi connectivity index (χ0) is 28.6. The van der Waals surface area contributed by atoms with Gasteiger partial charge in [0.1, 0.15) is 11.4 Å². The monoisotopic (exact) mass is 625 g/mol. The molecule has 2 N–H and O–H groups in total. The van der Waals surface area contributed by atoms with Gasteiger partial charge in [0.2, 0.25) is 0 Å². The molecule has 0 aromatic heterocycles. The summed E-state index contributed by atoms with van der Waals surface area (Å²) in [6.07, 6.45) is 0.228. The third-order valence-corrected chi connectivity index (χ3v) is 7.96. The summed E-state index contributed by atoms with van der Waals surface area (Å²) < 4.78 is 27.0. The van der Waals surface area contributed by atoms with Crippen molar-refractivity contribution in [3.63, 3.8) is 0 Å². The Hall–Kier alpha value is -2.27. The van der Waals surface area contributed by atoms with Crippen LogP contribution in [-0.2, 0) is 19.5 Å². The Labute approximate surface area is 237 Å². The van der Waals surface area contributed by atoms with Gasteiger partial charge in [0, 0.05) is 10.0 Å². The lowest BCUT2D eigenvalue weighted by molar-refractivity contribution is -0.134. The third-order valence-electron chi connectivity index (χ3n) is 6.11. The summed E-state index contributed by atoms with van der Waals surface area (Å²) >= 11 is 9.55. The molecule has 1 aliphatic rings. The van der Waals surface area contributed by atoms with E-state index < -0.39 is 43.0 Å². The Morgan fingerprint density at radius 2 is 1.89 bits per heavy atom. The Morgan fingerprint density at radius 1 is 1.24 bits per heavy atom. The van der Waals surface area contributed by atoms with Crippen LogP contribution in [0.3, 0.4) is 0 Å². The largest absolute Gasteiger partial charge is 0.465 e. The van der Waals surface area contributed by atoms with Gasteiger partial charge in [0.05, 0.1) is 30.3 Å². The quantitative estimate of drug-likeness (QED) is 0.254. The van der Waals surface area contributed by atoms with Crippen molar-refractivity contribution in [3.8, 4) is 0 Å². The summed E-state index contributed by atoms with van der Waals surface area (Å²) in [5.41, 5.74) is -1.09. The van der Waals surface area contributed by atoms with Crippen molar-refractivity contribution in [2.45, 2.75) is 58.4 Å². The molecule has 0 bridgehead atoms. The number of halogens is 3. The predicted octanol–water partition coefficient (Wildman–Crippen LogP) is 6.62. The molecule has 3 rings (SSSR count). The second-order valence-corrected chi connectivity index (χ2v) is 17.4. The first-order chi connectivity index (χ1) is 17.5. The minimum Gasteiger partial charge on any atom is -0.465 e. The Bertz CT molecular complexity index is 1260. The van der Waals surface area contributed by atoms with Crippen LogP contribution >= 0.6 is 27.5 Å². The van der Waals surface area contributed by atoms with Crippen LogP contribution in [0.15, 0.2) is 40.9 Å². The van der Waals surface area contributed by atoms with Gasteiger partial charge in [-0.15, -0.1) is 0 Å². The van der Waals surface area contributed by atoms with Crippen LogP contribution in [0.25, 0.3) is 0 Å². The van der Waals surface area contributed by atoms with Crippen LogP contribution in [0, 0.1) is 16.6 Å². The molecule has 1 heterocycles. The van der Waals surface area contributed by atoms with E-state index in [2.05, 4.69) is 21.2 Å². The number of carbonyl (C=O) groups excluding carboxylic acids is 2. The maximum Gasteiger partial charge on any atom is 0.339 e. The molecule has 1 fully saturated rings. The average Bonchev–Trinajstić information content (AvgIpc) is 3.02. The zero-order valence-electron chi connectivity index (χ0n) is 22.7. The summed E-state index contributed by atoms with van der Waals surface area (Å²) in [5.74, 6) is -1.84. The number of hydrogen-bond acceptors (Lipinski definition) is 5.